The normalized spacial score (nSPS) is 20.8. The van der Waals surface area contributed by atoms with Gasteiger partial charge in [-0.3, -0.25) is 0 Å². The Bertz CT molecular complexity index is 570. The smallest absolute Gasteiger partial charge is 0.317 e. The SMILES string of the molecule is CCC(Oc1ncc2ccccc2n1)C1CNCCO1. The van der Waals surface area contributed by atoms with Crippen molar-refractivity contribution < 1.29 is 9.47 Å². The van der Waals surface area contributed by atoms with Gasteiger partial charge in [-0.25, -0.2) is 4.98 Å². The zero-order valence-corrected chi connectivity index (χ0v) is 11.6. The fraction of sp³-hybridized carbons (Fsp3) is 0.467. The molecule has 1 aliphatic heterocycles. The van der Waals surface area contributed by atoms with Crippen molar-refractivity contribution in [2.75, 3.05) is 19.7 Å². The van der Waals surface area contributed by atoms with Gasteiger partial charge >= 0.3 is 6.01 Å². The number of aromatic nitrogens is 2. The average Bonchev–Trinajstić information content (AvgIpc) is 2.53. The summed E-state index contributed by atoms with van der Waals surface area (Å²) < 4.78 is 11.7. The molecule has 1 saturated heterocycles. The number of nitrogens with zero attached hydrogens (tertiary/aromatic N) is 2. The van der Waals surface area contributed by atoms with E-state index < -0.39 is 0 Å². The minimum Gasteiger partial charge on any atom is -0.457 e. The zero-order chi connectivity index (χ0) is 13.8. The van der Waals surface area contributed by atoms with E-state index in [0.717, 1.165) is 37.0 Å². The number of morpholine rings is 1. The van der Waals surface area contributed by atoms with Crippen molar-refractivity contribution in [1.29, 1.82) is 0 Å². The van der Waals surface area contributed by atoms with Crippen LogP contribution in [0.5, 0.6) is 6.01 Å². The van der Waals surface area contributed by atoms with E-state index in [1.165, 1.54) is 0 Å². The number of ether oxygens (including phenoxy) is 2. The topological polar surface area (TPSA) is 56.3 Å². The molecule has 20 heavy (non-hydrogen) atoms. The molecule has 0 radical (unpaired) electrons. The monoisotopic (exact) mass is 273 g/mol. The van der Waals surface area contributed by atoms with Crippen LogP contribution in [0, 0.1) is 0 Å². The summed E-state index contributed by atoms with van der Waals surface area (Å²) in [5.74, 6) is 0. The van der Waals surface area contributed by atoms with Gasteiger partial charge in [0.05, 0.1) is 12.1 Å². The van der Waals surface area contributed by atoms with Crippen LogP contribution in [-0.2, 0) is 4.74 Å². The van der Waals surface area contributed by atoms with E-state index in [0.29, 0.717) is 6.01 Å². The zero-order valence-electron chi connectivity index (χ0n) is 11.6. The molecule has 5 nitrogen and oxygen atoms in total. The Morgan fingerprint density at radius 1 is 1.45 bits per heavy atom. The fourth-order valence-corrected chi connectivity index (χ4v) is 2.39. The highest BCUT2D eigenvalue weighted by molar-refractivity contribution is 5.77. The van der Waals surface area contributed by atoms with Crippen LogP contribution in [0.25, 0.3) is 10.9 Å². The van der Waals surface area contributed by atoms with E-state index in [1.807, 2.05) is 24.3 Å². The number of hydrogen-bond donors (Lipinski definition) is 1. The van der Waals surface area contributed by atoms with Gasteiger partial charge < -0.3 is 14.8 Å². The lowest BCUT2D eigenvalue weighted by atomic mass is 10.1. The third-order valence-corrected chi connectivity index (χ3v) is 3.50. The van der Waals surface area contributed by atoms with Crippen molar-refractivity contribution in [1.82, 2.24) is 15.3 Å². The molecule has 3 rings (SSSR count). The molecule has 0 spiro atoms. The van der Waals surface area contributed by atoms with E-state index in [9.17, 15) is 0 Å². The first-order chi connectivity index (χ1) is 9.86. The lowest BCUT2D eigenvalue weighted by molar-refractivity contribution is -0.0454. The van der Waals surface area contributed by atoms with Gasteiger partial charge in [-0.15, -0.1) is 0 Å². The Hall–Kier alpha value is -1.72. The van der Waals surface area contributed by atoms with Crippen molar-refractivity contribution in [3.63, 3.8) is 0 Å². The molecule has 2 heterocycles. The highest BCUT2D eigenvalue weighted by Crippen LogP contribution is 2.17. The van der Waals surface area contributed by atoms with Crippen LogP contribution in [0.2, 0.25) is 0 Å². The standard InChI is InChI=1S/C15H19N3O2/c1-2-13(14-10-16-7-8-19-14)20-15-17-9-11-5-3-4-6-12(11)18-15/h3-6,9,13-14,16H,2,7-8,10H2,1H3. The maximum Gasteiger partial charge on any atom is 0.317 e. The molecule has 2 unspecified atom stereocenters. The van der Waals surface area contributed by atoms with Crippen molar-refractivity contribution in [2.45, 2.75) is 25.6 Å². The quantitative estimate of drug-likeness (QED) is 0.920. The van der Waals surface area contributed by atoms with Crippen molar-refractivity contribution >= 4 is 10.9 Å². The number of para-hydroxylation sites is 1. The lowest BCUT2D eigenvalue weighted by Crippen LogP contribution is -2.47. The van der Waals surface area contributed by atoms with Crippen LogP contribution < -0.4 is 10.1 Å². The van der Waals surface area contributed by atoms with E-state index in [1.54, 1.807) is 6.20 Å². The van der Waals surface area contributed by atoms with Gasteiger partial charge in [-0.1, -0.05) is 25.1 Å². The fourth-order valence-electron chi connectivity index (χ4n) is 2.39. The molecule has 1 aliphatic rings. The Morgan fingerprint density at radius 3 is 3.15 bits per heavy atom. The number of benzene rings is 1. The Morgan fingerprint density at radius 2 is 2.35 bits per heavy atom. The Balaban J connectivity index is 1.76. The lowest BCUT2D eigenvalue weighted by Gasteiger charge is -2.30. The summed E-state index contributed by atoms with van der Waals surface area (Å²) in [5, 5.41) is 4.34. The van der Waals surface area contributed by atoms with Gasteiger partial charge in [0.25, 0.3) is 0 Å². The van der Waals surface area contributed by atoms with Crippen molar-refractivity contribution in [3.8, 4) is 6.01 Å². The molecule has 1 aromatic carbocycles. The molecule has 106 valence electrons. The summed E-state index contributed by atoms with van der Waals surface area (Å²) in [6.07, 6.45) is 2.69. The largest absolute Gasteiger partial charge is 0.457 e. The van der Waals surface area contributed by atoms with Crippen molar-refractivity contribution in [3.05, 3.63) is 30.5 Å². The molecule has 1 fully saturated rings. The van der Waals surface area contributed by atoms with E-state index in [4.69, 9.17) is 9.47 Å². The predicted octanol–water partition coefficient (Wildman–Crippen LogP) is 1.78. The second-order valence-electron chi connectivity index (χ2n) is 4.89. The van der Waals surface area contributed by atoms with Crippen LogP contribution in [0.1, 0.15) is 13.3 Å². The third-order valence-electron chi connectivity index (χ3n) is 3.50. The minimum atomic E-state index is -0.0241. The molecule has 1 N–H and O–H groups in total. The predicted molar refractivity (Wildman–Crippen MR) is 76.9 cm³/mol. The first-order valence-electron chi connectivity index (χ1n) is 7.07. The minimum absolute atomic E-state index is 0.0241. The first kappa shape index (κ1) is 13.3. The molecule has 0 saturated carbocycles. The molecule has 1 aromatic heterocycles. The van der Waals surface area contributed by atoms with Gasteiger partial charge in [0.2, 0.25) is 0 Å². The van der Waals surface area contributed by atoms with Crippen LogP contribution >= 0.6 is 0 Å². The van der Waals surface area contributed by atoms with Crippen LogP contribution in [0.15, 0.2) is 30.5 Å². The van der Waals surface area contributed by atoms with E-state index >= 15 is 0 Å². The van der Waals surface area contributed by atoms with E-state index in [2.05, 4.69) is 22.2 Å². The molecule has 0 amide bonds. The summed E-state index contributed by atoms with van der Waals surface area (Å²) in [7, 11) is 0. The first-order valence-corrected chi connectivity index (χ1v) is 7.07. The third kappa shape index (κ3) is 2.89. The van der Waals surface area contributed by atoms with Crippen LogP contribution in [-0.4, -0.2) is 41.9 Å². The molecule has 2 atom stereocenters. The molecular formula is C15H19N3O2. The van der Waals surface area contributed by atoms with Crippen LogP contribution in [0.3, 0.4) is 0 Å². The van der Waals surface area contributed by atoms with Gasteiger partial charge in [-0.05, 0) is 12.5 Å². The second kappa shape index (κ2) is 6.15. The number of nitrogens with one attached hydrogen (secondary N) is 1. The Kier molecular flexibility index (Phi) is 4.08. The number of rotatable bonds is 4. The number of fused-ring (bicyclic) bond motifs is 1. The molecule has 0 bridgehead atoms. The second-order valence-corrected chi connectivity index (χ2v) is 4.89. The summed E-state index contributed by atoms with van der Waals surface area (Å²) in [5.41, 5.74) is 0.898. The summed E-state index contributed by atoms with van der Waals surface area (Å²) in [6, 6.07) is 8.31. The van der Waals surface area contributed by atoms with Gasteiger partial charge in [-0.2, -0.15) is 4.98 Å². The number of hydrogen-bond acceptors (Lipinski definition) is 5. The van der Waals surface area contributed by atoms with Gasteiger partial charge in [0.15, 0.2) is 0 Å². The van der Waals surface area contributed by atoms with Crippen LogP contribution in [0.4, 0.5) is 0 Å². The summed E-state index contributed by atoms with van der Waals surface area (Å²) >= 11 is 0. The van der Waals surface area contributed by atoms with Gasteiger partial charge in [0, 0.05) is 24.7 Å². The average molecular weight is 273 g/mol. The van der Waals surface area contributed by atoms with Crippen molar-refractivity contribution in [2.24, 2.45) is 0 Å². The Labute approximate surface area is 118 Å². The molecule has 5 heteroatoms. The molecule has 2 aromatic rings. The summed E-state index contributed by atoms with van der Waals surface area (Å²) in [4.78, 5) is 8.73. The van der Waals surface area contributed by atoms with Gasteiger partial charge in [0.1, 0.15) is 12.2 Å². The maximum absolute atomic E-state index is 5.92. The summed E-state index contributed by atoms with van der Waals surface area (Å²) in [6.45, 7) is 4.53. The highest BCUT2D eigenvalue weighted by Gasteiger charge is 2.25. The highest BCUT2D eigenvalue weighted by atomic mass is 16.6. The molecular weight excluding hydrogens is 254 g/mol. The van der Waals surface area contributed by atoms with E-state index in [-0.39, 0.29) is 12.2 Å². The molecule has 0 aliphatic carbocycles. The maximum atomic E-state index is 5.92.